The molecule has 0 aliphatic rings. The summed E-state index contributed by atoms with van der Waals surface area (Å²) in [7, 11) is 0. The molecule has 0 saturated heterocycles. The quantitative estimate of drug-likeness (QED) is 0.762. The summed E-state index contributed by atoms with van der Waals surface area (Å²) < 4.78 is 37.8. The lowest BCUT2D eigenvalue weighted by Crippen LogP contribution is -2.03. The molecule has 0 radical (unpaired) electrons. The number of alkyl halides is 3. The molecule has 23 heavy (non-hydrogen) atoms. The highest BCUT2D eigenvalue weighted by molar-refractivity contribution is 7.18. The Hall–Kier alpha value is -2.48. The Morgan fingerprint density at radius 2 is 1.74 bits per heavy atom. The fourth-order valence-electron chi connectivity index (χ4n) is 2.06. The van der Waals surface area contributed by atoms with Crippen LogP contribution < -0.4 is 5.73 Å². The summed E-state index contributed by atoms with van der Waals surface area (Å²) in [5.41, 5.74) is 6.90. The summed E-state index contributed by atoms with van der Waals surface area (Å²) >= 11 is 1.35. The highest BCUT2D eigenvalue weighted by atomic mass is 32.1. The summed E-state index contributed by atoms with van der Waals surface area (Å²) in [5, 5.41) is 0.628. The molecule has 2 heterocycles. The lowest BCUT2D eigenvalue weighted by molar-refractivity contribution is -0.137. The second-order valence-corrected chi connectivity index (χ2v) is 5.81. The maximum atomic E-state index is 12.6. The topological polar surface area (TPSA) is 64.7 Å². The standard InChI is InChI=1S/C15H11F3N4S/c1-8-12(11-6-7-20-14(19)22-11)23-13(21-8)9-2-4-10(5-3-9)15(16,17)18/h2-7H,1H3,(H2,19,20,22). The molecule has 2 N–H and O–H groups in total. The Labute approximate surface area is 133 Å². The van der Waals surface area contributed by atoms with Crippen molar-refractivity contribution in [2.45, 2.75) is 13.1 Å². The van der Waals surface area contributed by atoms with Crippen molar-refractivity contribution in [2.24, 2.45) is 0 Å². The summed E-state index contributed by atoms with van der Waals surface area (Å²) in [6.07, 6.45) is -2.80. The second kappa shape index (κ2) is 5.62. The van der Waals surface area contributed by atoms with Crippen molar-refractivity contribution >= 4 is 17.3 Å². The molecule has 0 spiro atoms. The van der Waals surface area contributed by atoms with Crippen LogP contribution in [0.3, 0.4) is 0 Å². The predicted molar refractivity (Wildman–Crippen MR) is 82.7 cm³/mol. The lowest BCUT2D eigenvalue weighted by Gasteiger charge is -2.06. The second-order valence-electron chi connectivity index (χ2n) is 4.81. The molecule has 0 aliphatic carbocycles. The number of hydrogen-bond donors (Lipinski definition) is 1. The number of nitrogen functional groups attached to an aromatic ring is 1. The van der Waals surface area contributed by atoms with Crippen LogP contribution in [0.1, 0.15) is 11.3 Å². The van der Waals surface area contributed by atoms with Crippen LogP contribution in [0.4, 0.5) is 19.1 Å². The van der Waals surface area contributed by atoms with E-state index in [1.54, 1.807) is 12.3 Å². The smallest absolute Gasteiger partial charge is 0.368 e. The third-order valence-corrected chi connectivity index (χ3v) is 4.39. The lowest BCUT2D eigenvalue weighted by atomic mass is 10.1. The zero-order valence-electron chi connectivity index (χ0n) is 11.9. The Balaban J connectivity index is 1.98. The van der Waals surface area contributed by atoms with Crippen LogP contribution in [0.2, 0.25) is 0 Å². The third kappa shape index (κ3) is 3.16. The Kier molecular flexibility index (Phi) is 3.77. The van der Waals surface area contributed by atoms with Gasteiger partial charge in [-0.2, -0.15) is 13.2 Å². The van der Waals surface area contributed by atoms with Gasteiger partial charge in [0, 0.05) is 11.8 Å². The molecule has 2 aromatic heterocycles. The monoisotopic (exact) mass is 336 g/mol. The van der Waals surface area contributed by atoms with Crippen LogP contribution in [0.5, 0.6) is 0 Å². The summed E-state index contributed by atoms with van der Waals surface area (Å²) in [6.45, 7) is 1.82. The van der Waals surface area contributed by atoms with Crippen LogP contribution in [-0.4, -0.2) is 15.0 Å². The van der Waals surface area contributed by atoms with Gasteiger partial charge >= 0.3 is 6.18 Å². The minimum absolute atomic E-state index is 0.159. The Bertz CT molecular complexity index is 841. The fraction of sp³-hybridized carbons (Fsp3) is 0.133. The number of halogens is 3. The van der Waals surface area contributed by atoms with E-state index >= 15 is 0 Å². The molecule has 0 amide bonds. The fourth-order valence-corrected chi connectivity index (χ4v) is 3.10. The van der Waals surface area contributed by atoms with Gasteiger partial charge in [-0.15, -0.1) is 11.3 Å². The number of benzene rings is 1. The number of aryl methyl sites for hydroxylation is 1. The SMILES string of the molecule is Cc1nc(-c2ccc(C(F)(F)F)cc2)sc1-c1ccnc(N)n1. The summed E-state index contributed by atoms with van der Waals surface area (Å²) in [4.78, 5) is 13.2. The molecule has 0 fully saturated rings. The van der Waals surface area contributed by atoms with Gasteiger partial charge in [-0.3, -0.25) is 0 Å². The van der Waals surface area contributed by atoms with Gasteiger partial charge in [0.05, 0.1) is 21.8 Å². The molecule has 3 aromatic rings. The number of nitrogens with two attached hydrogens (primary N) is 1. The highest BCUT2D eigenvalue weighted by Crippen LogP contribution is 2.36. The molecular formula is C15H11F3N4S. The summed E-state index contributed by atoms with van der Waals surface area (Å²) in [6, 6.07) is 6.65. The molecule has 0 unspecified atom stereocenters. The van der Waals surface area contributed by atoms with Crippen molar-refractivity contribution in [3.8, 4) is 21.1 Å². The van der Waals surface area contributed by atoms with E-state index in [0.717, 1.165) is 22.7 Å². The first-order chi connectivity index (χ1) is 10.8. The molecule has 118 valence electrons. The van der Waals surface area contributed by atoms with Gasteiger partial charge in [0.25, 0.3) is 0 Å². The maximum Gasteiger partial charge on any atom is 0.416 e. The Morgan fingerprint density at radius 1 is 1.04 bits per heavy atom. The average Bonchev–Trinajstić information content (AvgIpc) is 2.88. The van der Waals surface area contributed by atoms with E-state index < -0.39 is 11.7 Å². The van der Waals surface area contributed by atoms with Crippen molar-refractivity contribution in [3.63, 3.8) is 0 Å². The number of nitrogens with zero attached hydrogens (tertiary/aromatic N) is 3. The molecule has 0 aliphatic heterocycles. The molecule has 0 bridgehead atoms. The molecule has 4 nitrogen and oxygen atoms in total. The molecule has 0 saturated carbocycles. The van der Waals surface area contributed by atoms with Crippen LogP contribution in [0, 0.1) is 6.92 Å². The van der Waals surface area contributed by atoms with Crippen molar-refractivity contribution in [2.75, 3.05) is 5.73 Å². The van der Waals surface area contributed by atoms with Gasteiger partial charge in [-0.25, -0.2) is 15.0 Å². The van der Waals surface area contributed by atoms with E-state index in [4.69, 9.17) is 5.73 Å². The number of anilines is 1. The van der Waals surface area contributed by atoms with E-state index in [9.17, 15) is 13.2 Å². The molecule has 3 rings (SSSR count). The van der Waals surface area contributed by atoms with E-state index in [0.29, 0.717) is 16.3 Å². The average molecular weight is 336 g/mol. The first-order valence-corrected chi connectivity index (χ1v) is 7.40. The number of rotatable bonds is 2. The van der Waals surface area contributed by atoms with Gasteiger partial charge in [-0.05, 0) is 25.1 Å². The van der Waals surface area contributed by atoms with E-state index in [2.05, 4.69) is 15.0 Å². The van der Waals surface area contributed by atoms with Crippen molar-refractivity contribution in [1.82, 2.24) is 15.0 Å². The minimum Gasteiger partial charge on any atom is -0.368 e. The normalized spacial score (nSPS) is 11.7. The first-order valence-electron chi connectivity index (χ1n) is 6.58. The van der Waals surface area contributed by atoms with Crippen LogP contribution in [0.25, 0.3) is 21.1 Å². The highest BCUT2D eigenvalue weighted by Gasteiger charge is 2.30. The van der Waals surface area contributed by atoms with Crippen LogP contribution >= 0.6 is 11.3 Å². The number of aromatic nitrogens is 3. The first kappa shape index (κ1) is 15.4. The largest absolute Gasteiger partial charge is 0.416 e. The van der Waals surface area contributed by atoms with E-state index in [1.165, 1.54) is 23.5 Å². The van der Waals surface area contributed by atoms with Gasteiger partial charge in [0.1, 0.15) is 5.01 Å². The molecule has 0 atom stereocenters. The third-order valence-electron chi connectivity index (χ3n) is 3.16. The van der Waals surface area contributed by atoms with Crippen molar-refractivity contribution in [1.29, 1.82) is 0 Å². The van der Waals surface area contributed by atoms with Gasteiger partial charge < -0.3 is 5.73 Å². The molecular weight excluding hydrogens is 325 g/mol. The maximum absolute atomic E-state index is 12.6. The van der Waals surface area contributed by atoms with Gasteiger partial charge in [0.2, 0.25) is 5.95 Å². The minimum atomic E-state index is -4.35. The van der Waals surface area contributed by atoms with Crippen molar-refractivity contribution in [3.05, 3.63) is 47.8 Å². The van der Waals surface area contributed by atoms with Crippen LogP contribution in [-0.2, 0) is 6.18 Å². The zero-order valence-corrected chi connectivity index (χ0v) is 12.7. The molecule has 1 aromatic carbocycles. The van der Waals surface area contributed by atoms with E-state index in [1.807, 2.05) is 6.92 Å². The number of thiazole rings is 1. The van der Waals surface area contributed by atoms with Crippen LogP contribution in [0.15, 0.2) is 36.5 Å². The number of hydrogen-bond acceptors (Lipinski definition) is 5. The predicted octanol–water partition coefficient (Wildman–Crippen LogP) is 4.18. The van der Waals surface area contributed by atoms with E-state index in [-0.39, 0.29) is 5.95 Å². The zero-order chi connectivity index (χ0) is 16.6. The van der Waals surface area contributed by atoms with Gasteiger partial charge in [-0.1, -0.05) is 12.1 Å². The Morgan fingerprint density at radius 3 is 2.35 bits per heavy atom. The summed E-state index contributed by atoms with van der Waals surface area (Å²) in [5.74, 6) is 0.159. The van der Waals surface area contributed by atoms with Crippen molar-refractivity contribution < 1.29 is 13.2 Å². The molecule has 8 heteroatoms. The van der Waals surface area contributed by atoms with Gasteiger partial charge in [0.15, 0.2) is 0 Å².